The summed E-state index contributed by atoms with van der Waals surface area (Å²) in [5, 5.41) is 15.6. The van der Waals surface area contributed by atoms with Gasteiger partial charge in [0.25, 0.3) is 0 Å². The third-order valence-electron chi connectivity index (χ3n) is 7.63. The Morgan fingerprint density at radius 3 is 2.21 bits per heavy atom. The van der Waals surface area contributed by atoms with Crippen LogP contribution in [0.15, 0.2) is 41.3 Å². The fourth-order valence-electron chi connectivity index (χ4n) is 6.00. The lowest BCUT2D eigenvalue weighted by molar-refractivity contribution is -0.208. The number of phenols is 1. The van der Waals surface area contributed by atoms with Gasteiger partial charge in [-0.25, -0.2) is 3.63 Å². The number of fused-ring (bicyclic) bond motifs is 3. The van der Waals surface area contributed by atoms with Crippen molar-refractivity contribution in [2.45, 2.75) is 54.3 Å². The molecule has 5 rings (SSSR count). The van der Waals surface area contributed by atoms with E-state index in [9.17, 15) is 18.6 Å². The van der Waals surface area contributed by atoms with Crippen molar-refractivity contribution in [1.82, 2.24) is 0 Å². The number of aliphatic hydroxyl groups is 1. The maximum Gasteiger partial charge on any atom is 0.432 e. The molecular weight excluding hydrogens is 496 g/mol. The second-order valence-electron chi connectivity index (χ2n) is 9.63. The molecule has 1 heterocycles. The lowest BCUT2D eigenvalue weighted by Crippen LogP contribution is -2.54. The number of aliphatic hydroxyl groups excluding tert-OH is 1. The molecule has 2 aromatic carbocycles. The highest BCUT2D eigenvalue weighted by molar-refractivity contribution is 8.33. The van der Waals surface area contributed by atoms with E-state index >= 15 is 17.6 Å². The van der Waals surface area contributed by atoms with E-state index in [4.69, 9.17) is 3.63 Å². The zero-order valence-electron chi connectivity index (χ0n) is 18.2. The molecule has 4 atom stereocenters. The van der Waals surface area contributed by atoms with Gasteiger partial charge in [-0.05, 0) is 61.5 Å². The number of halogens is 4. The maximum atomic E-state index is 15.2. The van der Waals surface area contributed by atoms with Gasteiger partial charge in [-0.15, -0.1) is 0 Å². The van der Waals surface area contributed by atoms with Crippen LogP contribution < -0.4 is 0 Å². The van der Waals surface area contributed by atoms with Crippen LogP contribution in [-0.2, 0) is 13.7 Å². The normalized spacial score (nSPS) is 30.1. The molecule has 3 fully saturated rings. The van der Waals surface area contributed by atoms with Gasteiger partial charge in [-0.3, -0.25) is 0 Å². The van der Waals surface area contributed by atoms with Crippen molar-refractivity contribution in [3.05, 3.63) is 36.4 Å². The van der Waals surface area contributed by atoms with Crippen LogP contribution in [0.3, 0.4) is 0 Å². The van der Waals surface area contributed by atoms with E-state index in [0.717, 1.165) is 0 Å². The molecule has 2 aromatic rings. The molecule has 2 N–H and O–H groups in total. The standard InChI is InChI=1S/C23H26F4O5S2/c24-22(25,18-12-14-11-17(18)20(29)13-14)23(26,27)34(30,31)32-33(9-3-4-10-33)21-8-7-19(28)15-5-1-2-6-16(15)21/h1-2,5-8,14,17-18,20,28-29H,3-4,9-13H2. The average molecular weight is 523 g/mol. The smallest absolute Gasteiger partial charge is 0.432 e. The summed E-state index contributed by atoms with van der Waals surface area (Å²) in [5.74, 6) is -7.99. The number of rotatable bonds is 6. The number of aromatic hydroxyl groups is 1. The van der Waals surface area contributed by atoms with Gasteiger partial charge >= 0.3 is 21.3 Å². The number of benzene rings is 2. The summed E-state index contributed by atoms with van der Waals surface area (Å²) >= 11 is 0. The lowest BCUT2D eigenvalue weighted by atomic mass is 9.82. The van der Waals surface area contributed by atoms with Crippen molar-refractivity contribution in [3.63, 3.8) is 0 Å². The van der Waals surface area contributed by atoms with Crippen LogP contribution in [0.1, 0.15) is 32.1 Å². The SMILES string of the molecule is O=S(=O)(OS1(c2ccc(O)c3ccccc23)CCCC1)C(F)(F)C(F)(F)C1CC2CC(O)C1C2. The maximum absolute atomic E-state index is 15.2. The van der Waals surface area contributed by atoms with Gasteiger partial charge in [-0.1, -0.05) is 34.6 Å². The summed E-state index contributed by atoms with van der Waals surface area (Å²) in [4.78, 5) is 0.344. The molecule has 2 aliphatic carbocycles. The lowest BCUT2D eigenvalue weighted by Gasteiger charge is -2.40. The molecule has 188 valence electrons. The van der Waals surface area contributed by atoms with Gasteiger partial charge in [0.05, 0.1) is 6.10 Å². The van der Waals surface area contributed by atoms with Gasteiger partial charge in [0.2, 0.25) is 0 Å². The molecule has 0 aromatic heterocycles. The van der Waals surface area contributed by atoms with E-state index in [1.165, 1.54) is 12.1 Å². The first-order valence-corrected chi connectivity index (χ1v) is 14.6. The molecule has 4 unspecified atom stereocenters. The van der Waals surface area contributed by atoms with Crippen LogP contribution in [0.4, 0.5) is 17.6 Å². The molecule has 0 spiro atoms. The fraction of sp³-hybridized carbons (Fsp3) is 0.565. The van der Waals surface area contributed by atoms with Crippen LogP contribution in [-0.4, -0.2) is 47.4 Å². The summed E-state index contributed by atoms with van der Waals surface area (Å²) in [5.41, 5.74) is 0. The summed E-state index contributed by atoms with van der Waals surface area (Å²) < 4.78 is 91.9. The van der Waals surface area contributed by atoms with E-state index in [1.807, 2.05) is 0 Å². The molecule has 3 aliphatic rings. The number of hydrogen-bond donors (Lipinski definition) is 2. The zero-order chi connectivity index (χ0) is 24.5. The minimum atomic E-state index is -6.05. The first-order chi connectivity index (χ1) is 15.9. The average Bonchev–Trinajstić information content (AvgIpc) is 3.50. The Morgan fingerprint density at radius 2 is 1.59 bits per heavy atom. The largest absolute Gasteiger partial charge is 0.507 e. The molecule has 11 heteroatoms. The summed E-state index contributed by atoms with van der Waals surface area (Å²) in [6.45, 7) is 0. The van der Waals surface area contributed by atoms with Crippen LogP contribution in [0.2, 0.25) is 0 Å². The first kappa shape index (κ1) is 24.1. The highest BCUT2D eigenvalue weighted by atomic mass is 32.3. The Morgan fingerprint density at radius 1 is 0.941 bits per heavy atom. The van der Waals surface area contributed by atoms with Gasteiger partial charge in [-0.2, -0.15) is 26.0 Å². The predicted molar refractivity (Wildman–Crippen MR) is 121 cm³/mol. The molecule has 1 aliphatic heterocycles. The minimum absolute atomic E-state index is 0.0681. The highest BCUT2D eigenvalue weighted by Gasteiger charge is 2.73. The van der Waals surface area contributed by atoms with E-state index in [0.29, 0.717) is 28.5 Å². The molecule has 2 saturated carbocycles. The van der Waals surface area contributed by atoms with Crippen molar-refractivity contribution in [1.29, 1.82) is 0 Å². The number of phenolic OH excluding ortho intramolecular Hbond substituents is 1. The molecular formula is C23H26F4O5S2. The van der Waals surface area contributed by atoms with Gasteiger partial charge in [0.1, 0.15) is 5.75 Å². The third kappa shape index (κ3) is 3.45. The van der Waals surface area contributed by atoms with E-state index in [2.05, 4.69) is 0 Å². The molecule has 5 nitrogen and oxygen atoms in total. The third-order valence-corrected chi connectivity index (χ3v) is 13.3. The van der Waals surface area contributed by atoms with E-state index < -0.39 is 49.5 Å². The Labute approximate surface area is 196 Å². The van der Waals surface area contributed by atoms with Crippen molar-refractivity contribution < 1.29 is 39.8 Å². The minimum Gasteiger partial charge on any atom is -0.507 e. The monoisotopic (exact) mass is 522 g/mol. The molecule has 0 radical (unpaired) electrons. The van der Waals surface area contributed by atoms with Gasteiger partial charge < -0.3 is 10.2 Å². The van der Waals surface area contributed by atoms with Gasteiger partial charge in [0, 0.05) is 27.7 Å². The van der Waals surface area contributed by atoms with Crippen molar-refractivity contribution >= 4 is 31.2 Å². The van der Waals surface area contributed by atoms with Crippen LogP contribution in [0.5, 0.6) is 5.75 Å². The highest BCUT2D eigenvalue weighted by Crippen LogP contribution is 2.67. The van der Waals surface area contributed by atoms with E-state index in [-0.39, 0.29) is 42.4 Å². The van der Waals surface area contributed by atoms with Crippen molar-refractivity contribution in [2.75, 3.05) is 11.5 Å². The summed E-state index contributed by atoms with van der Waals surface area (Å²) in [6, 6.07) is 9.33. The van der Waals surface area contributed by atoms with Crippen LogP contribution in [0, 0.1) is 17.8 Å². The van der Waals surface area contributed by atoms with Gasteiger partial charge in [0.15, 0.2) is 0 Å². The molecule has 1 saturated heterocycles. The summed E-state index contributed by atoms with van der Waals surface area (Å²) in [7, 11) is -8.94. The summed E-state index contributed by atoms with van der Waals surface area (Å²) in [6.07, 6.45) is 0.0753. The second-order valence-corrected chi connectivity index (χ2v) is 14.5. The van der Waals surface area contributed by atoms with Crippen LogP contribution >= 0.6 is 10.3 Å². The topological polar surface area (TPSA) is 83.8 Å². The predicted octanol–water partition coefficient (Wildman–Crippen LogP) is 5.40. The molecule has 2 bridgehead atoms. The molecule has 34 heavy (non-hydrogen) atoms. The first-order valence-electron chi connectivity index (χ1n) is 11.3. The Balaban J connectivity index is 1.53. The van der Waals surface area contributed by atoms with Crippen molar-refractivity contribution in [2.24, 2.45) is 17.8 Å². The quantitative estimate of drug-likeness (QED) is 0.497. The van der Waals surface area contributed by atoms with Crippen molar-refractivity contribution in [3.8, 4) is 5.75 Å². The van der Waals surface area contributed by atoms with Crippen LogP contribution in [0.25, 0.3) is 10.8 Å². The molecule has 0 amide bonds. The Hall–Kier alpha value is -1.56. The zero-order valence-corrected chi connectivity index (χ0v) is 19.8. The fourth-order valence-corrected chi connectivity index (χ4v) is 11.9. The Kier molecular flexibility index (Phi) is 5.66. The number of alkyl halides is 4. The second kappa shape index (κ2) is 7.97. The Bertz CT molecular complexity index is 1210. The van der Waals surface area contributed by atoms with E-state index in [1.54, 1.807) is 24.3 Å². The number of hydrogen-bond acceptors (Lipinski definition) is 5.